The minimum atomic E-state index is -0.151. The number of amides is 2. The number of hydrogen-bond donors (Lipinski definition) is 3. The molecule has 1 aromatic carbocycles. The van der Waals surface area contributed by atoms with E-state index in [1.165, 1.54) is 12.8 Å². The molecule has 1 aliphatic carbocycles. The predicted molar refractivity (Wildman–Crippen MR) is 84.2 cm³/mol. The Morgan fingerprint density at radius 2 is 2.10 bits per heavy atom. The molecule has 0 unspecified atom stereocenters. The van der Waals surface area contributed by atoms with Crippen LogP contribution in [0.25, 0.3) is 0 Å². The summed E-state index contributed by atoms with van der Waals surface area (Å²) in [6.07, 6.45) is 4.98. The van der Waals surface area contributed by atoms with Crippen LogP contribution in [0, 0.1) is 18.8 Å². The average Bonchev–Trinajstić information content (AvgIpc) is 2.91. The molecule has 1 fully saturated rings. The molecule has 2 amide bonds. The van der Waals surface area contributed by atoms with E-state index in [9.17, 15) is 4.79 Å². The topological polar surface area (TPSA) is 61.4 Å². The van der Waals surface area contributed by atoms with Gasteiger partial charge in [-0.3, -0.25) is 0 Å². The standard InChI is InChI=1S/C17H22N2O2/c1-13-10-14(6-4-5-9-20)12-16(11-13)19-17(21)18-15-7-2-3-8-15/h10-12,15,20H,2-3,5,7-9H2,1H3,(H2,18,19,21). The Kier molecular flexibility index (Phi) is 5.65. The van der Waals surface area contributed by atoms with Crippen molar-refractivity contribution < 1.29 is 9.90 Å². The molecule has 2 rings (SSSR count). The van der Waals surface area contributed by atoms with E-state index in [0.29, 0.717) is 12.5 Å². The van der Waals surface area contributed by atoms with E-state index in [1.807, 2.05) is 25.1 Å². The summed E-state index contributed by atoms with van der Waals surface area (Å²) >= 11 is 0. The zero-order valence-electron chi connectivity index (χ0n) is 12.4. The average molecular weight is 286 g/mol. The highest BCUT2D eigenvalue weighted by atomic mass is 16.2. The van der Waals surface area contributed by atoms with Crippen molar-refractivity contribution in [1.29, 1.82) is 0 Å². The van der Waals surface area contributed by atoms with Gasteiger partial charge in [-0.1, -0.05) is 24.7 Å². The molecule has 0 radical (unpaired) electrons. The maximum absolute atomic E-state index is 12.0. The highest BCUT2D eigenvalue weighted by molar-refractivity contribution is 5.89. The molecule has 21 heavy (non-hydrogen) atoms. The van der Waals surface area contributed by atoms with Crippen molar-refractivity contribution in [2.75, 3.05) is 11.9 Å². The van der Waals surface area contributed by atoms with Gasteiger partial charge in [-0.05, 0) is 43.5 Å². The number of aliphatic hydroxyl groups is 1. The van der Waals surface area contributed by atoms with Crippen molar-refractivity contribution in [2.45, 2.75) is 45.1 Å². The van der Waals surface area contributed by atoms with Crippen molar-refractivity contribution in [3.63, 3.8) is 0 Å². The summed E-state index contributed by atoms with van der Waals surface area (Å²) in [6.45, 7) is 2.03. The third-order valence-corrected chi connectivity index (χ3v) is 3.50. The van der Waals surface area contributed by atoms with E-state index in [2.05, 4.69) is 22.5 Å². The van der Waals surface area contributed by atoms with Crippen LogP contribution in [-0.2, 0) is 0 Å². The first-order valence-corrected chi connectivity index (χ1v) is 7.46. The molecule has 4 nitrogen and oxygen atoms in total. The van der Waals surface area contributed by atoms with Gasteiger partial charge in [0.05, 0.1) is 6.61 Å². The summed E-state index contributed by atoms with van der Waals surface area (Å²) in [7, 11) is 0. The Morgan fingerprint density at radius 3 is 2.81 bits per heavy atom. The lowest BCUT2D eigenvalue weighted by Crippen LogP contribution is -2.36. The van der Waals surface area contributed by atoms with Crippen molar-refractivity contribution in [3.8, 4) is 11.8 Å². The van der Waals surface area contributed by atoms with E-state index in [1.54, 1.807) is 0 Å². The van der Waals surface area contributed by atoms with Crippen molar-refractivity contribution in [2.24, 2.45) is 0 Å². The Bertz CT molecular complexity index is 552. The minimum absolute atomic E-state index is 0.0632. The summed E-state index contributed by atoms with van der Waals surface area (Å²) in [5.74, 6) is 5.88. The van der Waals surface area contributed by atoms with Crippen LogP contribution in [0.3, 0.4) is 0 Å². The molecule has 3 N–H and O–H groups in total. The largest absolute Gasteiger partial charge is 0.395 e. The maximum atomic E-state index is 12.0. The molecule has 1 saturated carbocycles. The van der Waals surface area contributed by atoms with Crippen LogP contribution in [0.5, 0.6) is 0 Å². The van der Waals surface area contributed by atoms with E-state index >= 15 is 0 Å². The molecular formula is C17H22N2O2. The summed E-state index contributed by atoms with van der Waals surface area (Å²) in [6, 6.07) is 5.89. The van der Waals surface area contributed by atoms with Crippen LogP contribution >= 0.6 is 0 Å². The predicted octanol–water partition coefficient (Wildman–Crippen LogP) is 2.79. The van der Waals surface area contributed by atoms with E-state index in [-0.39, 0.29) is 12.6 Å². The van der Waals surface area contributed by atoms with Gasteiger partial charge in [0.15, 0.2) is 0 Å². The summed E-state index contributed by atoms with van der Waals surface area (Å²) in [5, 5.41) is 14.6. The fraction of sp³-hybridized carbons (Fsp3) is 0.471. The molecule has 0 saturated heterocycles. The van der Waals surface area contributed by atoms with Crippen LogP contribution < -0.4 is 10.6 Å². The summed E-state index contributed by atoms with van der Waals surface area (Å²) in [5.41, 5.74) is 2.64. The molecule has 112 valence electrons. The van der Waals surface area contributed by atoms with Gasteiger partial charge < -0.3 is 15.7 Å². The van der Waals surface area contributed by atoms with Gasteiger partial charge in [0.1, 0.15) is 0 Å². The zero-order valence-corrected chi connectivity index (χ0v) is 12.4. The molecule has 0 heterocycles. The first kappa shape index (κ1) is 15.4. The molecule has 1 aliphatic rings. The van der Waals surface area contributed by atoms with Crippen LogP contribution in [0.1, 0.15) is 43.2 Å². The second-order valence-electron chi connectivity index (χ2n) is 5.44. The maximum Gasteiger partial charge on any atom is 0.319 e. The van der Waals surface area contributed by atoms with Gasteiger partial charge in [-0.25, -0.2) is 4.79 Å². The van der Waals surface area contributed by atoms with Gasteiger partial charge in [0.2, 0.25) is 0 Å². The lowest BCUT2D eigenvalue weighted by atomic mass is 10.1. The number of nitrogens with one attached hydrogen (secondary N) is 2. The molecular weight excluding hydrogens is 264 g/mol. The highest BCUT2D eigenvalue weighted by Crippen LogP contribution is 2.18. The van der Waals surface area contributed by atoms with Crippen molar-refractivity contribution in [1.82, 2.24) is 5.32 Å². The SMILES string of the molecule is Cc1cc(C#CCCO)cc(NC(=O)NC2CCCC2)c1. The Labute approximate surface area is 125 Å². The number of rotatable bonds is 3. The third-order valence-electron chi connectivity index (χ3n) is 3.50. The van der Waals surface area contributed by atoms with Crippen molar-refractivity contribution in [3.05, 3.63) is 29.3 Å². The first-order valence-electron chi connectivity index (χ1n) is 7.46. The quantitative estimate of drug-likeness (QED) is 0.748. The Morgan fingerprint density at radius 1 is 1.33 bits per heavy atom. The lowest BCUT2D eigenvalue weighted by Gasteiger charge is -2.13. The van der Waals surface area contributed by atoms with E-state index in [0.717, 1.165) is 29.7 Å². The number of anilines is 1. The van der Waals surface area contributed by atoms with Gasteiger partial charge in [-0.15, -0.1) is 0 Å². The fourth-order valence-corrected chi connectivity index (χ4v) is 2.57. The first-order chi connectivity index (χ1) is 10.2. The number of carbonyl (C=O) groups is 1. The lowest BCUT2D eigenvalue weighted by molar-refractivity contribution is 0.248. The molecule has 0 spiro atoms. The molecule has 0 bridgehead atoms. The summed E-state index contributed by atoms with van der Waals surface area (Å²) in [4.78, 5) is 12.0. The van der Waals surface area contributed by atoms with Gasteiger partial charge in [0.25, 0.3) is 0 Å². The highest BCUT2D eigenvalue weighted by Gasteiger charge is 2.16. The number of urea groups is 1. The van der Waals surface area contributed by atoms with Gasteiger partial charge in [0, 0.05) is 23.7 Å². The molecule has 0 aliphatic heterocycles. The fourth-order valence-electron chi connectivity index (χ4n) is 2.57. The number of carbonyl (C=O) groups excluding carboxylic acids is 1. The smallest absolute Gasteiger partial charge is 0.319 e. The number of aliphatic hydroxyl groups excluding tert-OH is 1. The second-order valence-corrected chi connectivity index (χ2v) is 5.44. The number of aryl methyl sites for hydroxylation is 1. The van der Waals surface area contributed by atoms with Crippen molar-refractivity contribution >= 4 is 11.7 Å². The van der Waals surface area contributed by atoms with Crippen LogP contribution in [0.4, 0.5) is 10.5 Å². The number of hydrogen-bond acceptors (Lipinski definition) is 2. The number of benzene rings is 1. The minimum Gasteiger partial charge on any atom is -0.395 e. The van der Waals surface area contributed by atoms with Crippen LogP contribution in [0.2, 0.25) is 0 Å². The Hall–Kier alpha value is -1.99. The van der Waals surface area contributed by atoms with Crippen LogP contribution in [0.15, 0.2) is 18.2 Å². The molecule has 1 aromatic rings. The Balaban J connectivity index is 1.98. The van der Waals surface area contributed by atoms with Crippen LogP contribution in [-0.4, -0.2) is 23.8 Å². The molecule has 0 atom stereocenters. The normalized spacial score (nSPS) is 14.4. The van der Waals surface area contributed by atoms with Gasteiger partial charge >= 0.3 is 6.03 Å². The third kappa shape index (κ3) is 5.13. The van der Waals surface area contributed by atoms with E-state index in [4.69, 9.17) is 5.11 Å². The molecule has 4 heteroatoms. The second kappa shape index (κ2) is 7.70. The monoisotopic (exact) mass is 286 g/mol. The molecule has 0 aromatic heterocycles. The summed E-state index contributed by atoms with van der Waals surface area (Å²) < 4.78 is 0. The van der Waals surface area contributed by atoms with E-state index < -0.39 is 0 Å². The van der Waals surface area contributed by atoms with Gasteiger partial charge in [-0.2, -0.15) is 0 Å². The zero-order chi connectivity index (χ0) is 15.1.